The van der Waals surface area contributed by atoms with Crippen LogP contribution in [0.3, 0.4) is 0 Å². The minimum atomic E-state index is -0.409. The van der Waals surface area contributed by atoms with E-state index in [2.05, 4.69) is 26.2 Å². The first kappa shape index (κ1) is 17.0. The fourth-order valence-corrected chi connectivity index (χ4v) is 2.99. The normalized spacial score (nSPS) is 10.6. The van der Waals surface area contributed by atoms with E-state index in [9.17, 15) is 9.59 Å². The lowest BCUT2D eigenvalue weighted by molar-refractivity contribution is -0.118. The number of halogens is 1. The zero-order valence-electron chi connectivity index (χ0n) is 13.2. The Labute approximate surface area is 152 Å². The number of primary amides is 1. The Morgan fingerprint density at radius 3 is 2.52 bits per heavy atom. The lowest BCUT2D eigenvalue weighted by atomic mass is 10.2. The van der Waals surface area contributed by atoms with E-state index in [0.29, 0.717) is 17.1 Å². The maximum absolute atomic E-state index is 12.5. The third-order valence-corrected chi connectivity index (χ3v) is 4.42. The summed E-state index contributed by atoms with van der Waals surface area (Å²) < 4.78 is 6.12. The summed E-state index contributed by atoms with van der Waals surface area (Å²) in [5.74, 6) is -0.0516. The largest absolute Gasteiger partial charge is 0.493 e. The summed E-state index contributed by atoms with van der Waals surface area (Å²) >= 11 is 3.47. The van der Waals surface area contributed by atoms with Gasteiger partial charge in [0.2, 0.25) is 5.91 Å². The second-order valence-corrected chi connectivity index (χ2v) is 6.20. The van der Waals surface area contributed by atoms with Crippen LogP contribution in [0.5, 0.6) is 5.75 Å². The number of aromatic amines is 1. The number of carbonyl (C=O) groups excluding carboxylic acids is 2. The van der Waals surface area contributed by atoms with Gasteiger partial charge in [-0.1, -0.05) is 18.2 Å². The zero-order valence-corrected chi connectivity index (χ0v) is 14.8. The molecule has 2 aromatic carbocycles. The molecule has 0 saturated heterocycles. The first-order chi connectivity index (χ1) is 12.0. The van der Waals surface area contributed by atoms with Crippen molar-refractivity contribution in [3.63, 3.8) is 0 Å². The van der Waals surface area contributed by atoms with Crippen molar-refractivity contribution in [3.8, 4) is 5.75 Å². The molecule has 0 aliphatic carbocycles. The second kappa shape index (κ2) is 7.40. The number of carbonyl (C=O) groups is 2. The van der Waals surface area contributed by atoms with E-state index in [1.165, 1.54) is 0 Å². The monoisotopic (exact) mass is 401 g/mol. The number of para-hydroxylation sites is 1. The van der Waals surface area contributed by atoms with Crippen molar-refractivity contribution in [2.45, 2.75) is 6.42 Å². The SMILES string of the molecule is NC(=O)CCOc1ccc(NC(=O)c2[nH]c3ccccc3c2Br)cc1. The van der Waals surface area contributed by atoms with E-state index in [-0.39, 0.29) is 18.9 Å². The van der Waals surface area contributed by atoms with Gasteiger partial charge in [0, 0.05) is 16.6 Å². The molecule has 0 unspecified atom stereocenters. The highest BCUT2D eigenvalue weighted by molar-refractivity contribution is 9.10. The van der Waals surface area contributed by atoms with Crippen LogP contribution in [0.25, 0.3) is 10.9 Å². The molecule has 25 heavy (non-hydrogen) atoms. The smallest absolute Gasteiger partial charge is 0.273 e. The molecule has 0 bridgehead atoms. The standard InChI is InChI=1S/C18H16BrN3O3/c19-16-13-3-1-2-4-14(13)22-17(16)18(24)21-11-5-7-12(8-6-11)25-10-9-15(20)23/h1-8,22H,9-10H2,(H2,20,23)(H,21,24). The van der Waals surface area contributed by atoms with Gasteiger partial charge in [-0.25, -0.2) is 0 Å². The summed E-state index contributed by atoms with van der Waals surface area (Å²) in [6.45, 7) is 0.225. The maximum atomic E-state index is 12.5. The van der Waals surface area contributed by atoms with Gasteiger partial charge in [0.05, 0.1) is 17.5 Å². The molecule has 1 heterocycles. The number of benzene rings is 2. The quantitative estimate of drug-likeness (QED) is 0.589. The van der Waals surface area contributed by atoms with Crippen LogP contribution in [0.4, 0.5) is 5.69 Å². The Morgan fingerprint density at radius 1 is 1.12 bits per heavy atom. The van der Waals surface area contributed by atoms with Crippen molar-refractivity contribution >= 4 is 44.3 Å². The molecular formula is C18H16BrN3O3. The van der Waals surface area contributed by atoms with Crippen molar-refractivity contribution < 1.29 is 14.3 Å². The number of nitrogens with one attached hydrogen (secondary N) is 2. The number of nitrogens with two attached hydrogens (primary N) is 1. The molecule has 0 saturated carbocycles. The zero-order chi connectivity index (χ0) is 17.8. The Balaban J connectivity index is 1.68. The van der Waals surface area contributed by atoms with Crippen LogP contribution >= 0.6 is 15.9 Å². The highest BCUT2D eigenvalue weighted by atomic mass is 79.9. The molecule has 3 aromatic rings. The van der Waals surface area contributed by atoms with Gasteiger partial charge < -0.3 is 20.8 Å². The van der Waals surface area contributed by atoms with Crippen molar-refractivity contribution in [2.24, 2.45) is 5.73 Å². The molecular weight excluding hydrogens is 386 g/mol. The number of rotatable bonds is 6. The number of anilines is 1. The van der Waals surface area contributed by atoms with E-state index in [4.69, 9.17) is 10.5 Å². The Morgan fingerprint density at radius 2 is 1.84 bits per heavy atom. The third-order valence-electron chi connectivity index (χ3n) is 3.60. The van der Waals surface area contributed by atoms with E-state index in [0.717, 1.165) is 15.4 Å². The number of amides is 2. The number of fused-ring (bicyclic) bond motifs is 1. The summed E-state index contributed by atoms with van der Waals surface area (Å²) in [6, 6.07) is 14.6. The molecule has 0 aliphatic rings. The molecule has 0 radical (unpaired) electrons. The molecule has 4 N–H and O–H groups in total. The Hall–Kier alpha value is -2.80. The molecule has 7 heteroatoms. The van der Waals surface area contributed by atoms with Gasteiger partial charge in [0.15, 0.2) is 0 Å². The number of aromatic nitrogens is 1. The third kappa shape index (κ3) is 4.00. The van der Waals surface area contributed by atoms with Crippen LogP contribution in [0.2, 0.25) is 0 Å². The van der Waals surface area contributed by atoms with Crippen molar-refractivity contribution in [1.82, 2.24) is 4.98 Å². The fraction of sp³-hybridized carbons (Fsp3) is 0.111. The summed E-state index contributed by atoms with van der Waals surface area (Å²) in [7, 11) is 0. The topological polar surface area (TPSA) is 97.2 Å². The first-order valence-corrected chi connectivity index (χ1v) is 8.42. The molecule has 0 fully saturated rings. The molecule has 6 nitrogen and oxygen atoms in total. The van der Waals surface area contributed by atoms with Crippen molar-refractivity contribution in [2.75, 3.05) is 11.9 Å². The molecule has 0 atom stereocenters. The average molecular weight is 402 g/mol. The minimum absolute atomic E-state index is 0.160. The van der Waals surface area contributed by atoms with Crippen molar-refractivity contribution in [3.05, 3.63) is 58.7 Å². The predicted molar refractivity (Wildman–Crippen MR) is 99.7 cm³/mol. The van der Waals surface area contributed by atoms with Crippen molar-refractivity contribution in [1.29, 1.82) is 0 Å². The summed E-state index contributed by atoms with van der Waals surface area (Å²) in [5, 5.41) is 3.78. The lowest BCUT2D eigenvalue weighted by Gasteiger charge is -2.07. The predicted octanol–water partition coefficient (Wildman–Crippen LogP) is 3.44. The fourth-order valence-electron chi connectivity index (χ4n) is 2.36. The van der Waals surface area contributed by atoms with Gasteiger partial charge in [-0.05, 0) is 46.3 Å². The van der Waals surface area contributed by atoms with Crippen LogP contribution in [-0.4, -0.2) is 23.4 Å². The summed E-state index contributed by atoms with van der Waals surface area (Å²) in [6.07, 6.45) is 0.160. The molecule has 3 rings (SSSR count). The van der Waals surface area contributed by atoms with Gasteiger partial charge in [-0.3, -0.25) is 9.59 Å². The number of hydrogen-bond donors (Lipinski definition) is 3. The van der Waals surface area contributed by atoms with Gasteiger partial charge in [-0.2, -0.15) is 0 Å². The highest BCUT2D eigenvalue weighted by Crippen LogP contribution is 2.28. The van der Waals surface area contributed by atoms with E-state index in [1.54, 1.807) is 24.3 Å². The Bertz CT molecular complexity index is 919. The maximum Gasteiger partial charge on any atom is 0.273 e. The minimum Gasteiger partial charge on any atom is -0.493 e. The van der Waals surface area contributed by atoms with E-state index >= 15 is 0 Å². The number of ether oxygens (including phenoxy) is 1. The lowest BCUT2D eigenvalue weighted by Crippen LogP contribution is -2.14. The van der Waals surface area contributed by atoms with Crippen LogP contribution in [0.15, 0.2) is 53.0 Å². The van der Waals surface area contributed by atoms with Crippen LogP contribution in [-0.2, 0) is 4.79 Å². The molecule has 2 amide bonds. The van der Waals surface area contributed by atoms with Gasteiger partial charge in [0.1, 0.15) is 11.4 Å². The second-order valence-electron chi connectivity index (χ2n) is 5.40. The van der Waals surface area contributed by atoms with Gasteiger partial charge in [0.25, 0.3) is 5.91 Å². The average Bonchev–Trinajstić information content (AvgIpc) is 2.94. The van der Waals surface area contributed by atoms with Gasteiger partial charge in [-0.15, -0.1) is 0 Å². The number of hydrogen-bond acceptors (Lipinski definition) is 3. The van der Waals surface area contributed by atoms with Crippen LogP contribution < -0.4 is 15.8 Å². The highest BCUT2D eigenvalue weighted by Gasteiger charge is 2.15. The number of H-pyrrole nitrogens is 1. The molecule has 0 spiro atoms. The summed E-state index contributed by atoms with van der Waals surface area (Å²) in [4.78, 5) is 26.3. The van der Waals surface area contributed by atoms with Crippen LogP contribution in [0, 0.1) is 0 Å². The van der Waals surface area contributed by atoms with Gasteiger partial charge >= 0.3 is 0 Å². The van der Waals surface area contributed by atoms with Crippen LogP contribution in [0.1, 0.15) is 16.9 Å². The molecule has 1 aromatic heterocycles. The molecule has 0 aliphatic heterocycles. The summed E-state index contributed by atoms with van der Waals surface area (Å²) in [5.41, 5.74) is 7.04. The van der Waals surface area contributed by atoms with E-state index in [1.807, 2.05) is 24.3 Å². The Kier molecular flexibility index (Phi) is 5.04. The van der Waals surface area contributed by atoms with E-state index < -0.39 is 5.91 Å². The molecule has 128 valence electrons. The first-order valence-electron chi connectivity index (χ1n) is 7.63.